The van der Waals surface area contributed by atoms with E-state index in [0.29, 0.717) is 10.0 Å². The van der Waals surface area contributed by atoms with Crippen LogP contribution < -0.4 is 5.32 Å². The van der Waals surface area contributed by atoms with E-state index >= 15 is 0 Å². The first kappa shape index (κ1) is 19.9. The number of amides is 1. The van der Waals surface area contributed by atoms with Crippen LogP contribution in [0, 0.1) is 0 Å². The number of aryl methyl sites for hydroxylation is 2. The summed E-state index contributed by atoms with van der Waals surface area (Å²) < 4.78 is 5.22. The summed E-state index contributed by atoms with van der Waals surface area (Å²) in [5.74, 6) is -0.834. The molecule has 5 rings (SSSR count). The van der Waals surface area contributed by atoms with Crippen LogP contribution in [-0.2, 0) is 22.4 Å². The van der Waals surface area contributed by atoms with E-state index in [1.165, 1.54) is 44.9 Å². The minimum atomic E-state index is -0.439. The first-order valence-electron chi connectivity index (χ1n) is 10.2. The van der Waals surface area contributed by atoms with Gasteiger partial charge in [0.05, 0.1) is 5.69 Å². The van der Waals surface area contributed by atoms with Gasteiger partial charge >= 0.3 is 5.97 Å². The Bertz CT molecular complexity index is 1250. The summed E-state index contributed by atoms with van der Waals surface area (Å²) in [4.78, 5) is 30.9. The number of carbonyl (C=O) groups is 2. The number of carbonyl (C=O) groups excluding carboxylic acids is 2. The van der Waals surface area contributed by atoms with E-state index in [1.807, 2.05) is 29.6 Å². The number of thiazole rings is 1. The molecule has 7 heteroatoms. The molecule has 4 aromatic rings. The molecule has 1 aliphatic carbocycles. The van der Waals surface area contributed by atoms with E-state index < -0.39 is 11.9 Å². The van der Waals surface area contributed by atoms with Crippen molar-refractivity contribution < 1.29 is 14.3 Å². The quantitative estimate of drug-likeness (QED) is 0.398. The van der Waals surface area contributed by atoms with Crippen LogP contribution in [0.25, 0.3) is 22.0 Å². The molecule has 1 aliphatic rings. The summed E-state index contributed by atoms with van der Waals surface area (Å²) in [6.07, 6.45) is 4.37. The molecule has 0 spiro atoms. The van der Waals surface area contributed by atoms with E-state index in [2.05, 4.69) is 34.6 Å². The molecule has 0 saturated heterocycles. The Morgan fingerprint density at radius 2 is 1.87 bits per heavy atom. The zero-order chi connectivity index (χ0) is 21.2. The summed E-state index contributed by atoms with van der Waals surface area (Å²) in [6, 6.07) is 16.2. The van der Waals surface area contributed by atoms with Crippen molar-refractivity contribution in [3.8, 4) is 11.3 Å². The third kappa shape index (κ3) is 4.38. The van der Waals surface area contributed by atoms with Crippen molar-refractivity contribution in [1.82, 2.24) is 4.98 Å². The van der Waals surface area contributed by atoms with E-state index in [9.17, 15) is 9.59 Å². The maximum atomic E-state index is 12.3. The standard InChI is InChI=1S/C24H20N2O3S2/c27-22(13-29-23(28)21-12-18-7-3-4-8-20(18)31-21)26-24-25-19(14-30-24)17-10-9-15-5-1-2-6-16(15)11-17/h1-2,5-6,9-12,14H,3-4,7-8,13H2,(H,25,26,27). The molecule has 1 amide bonds. The Balaban J connectivity index is 1.19. The van der Waals surface area contributed by atoms with Crippen LogP contribution in [0.2, 0.25) is 0 Å². The topological polar surface area (TPSA) is 68.3 Å². The second kappa shape index (κ2) is 8.61. The largest absolute Gasteiger partial charge is 0.451 e. The van der Waals surface area contributed by atoms with Crippen molar-refractivity contribution in [2.24, 2.45) is 0 Å². The van der Waals surface area contributed by atoms with Gasteiger partial charge in [0.2, 0.25) is 0 Å². The number of esters is 1. The van der Waals surface area contributed by atoms with Crippen molar-refractivity contribution in [3.05, 3.63) is 69.2 Å². The van der Waals surface area contributed by atoms with Gasteiger partial charge in [0.25, 0.3) is 5.91 Å². The maximum absolute atomic E-state index is 12.3. The van der Waals surface area contributed by atoms with Crippen molar-refractivity contribution in [2.45, 2.75) is 25.7 Å². The number of fused-ring (bicyclic) bond motifs is 2. The molecule has 0 bridgehead atoms. The molecule has 156 valence electrons. The fourth-order valence-electron chi connectivity index (χ4n) is 3.76. The molecule has 0 saturated carbocycles. The Hall–Kier alpha value is -3.03. The molecule has 0 radical (unpaired) electrons. The third-order valence-electron chi connectivity index (χ3n) is 5.33. The summed E-state index contributed by atoms with van der Waals surface area (Å²) in [5.41, 5.74) is 3.03. The van der Waals surface area contributed by atoms with Crippen molar-refractivity contribution in [2.75, 3.05) is 11.9 Å². The minimum absolute atomic E-state index is 0.327. The van der Waals surface area contributed by atoms with Crippen LogP contribution in [0.4, 0.5) is 5.13 Å². The molecule has 2 aromatic heterocycles. The molecule has 0 atom stereocenters. The lowest BCUT2D eigenvalue weighted by Crippen LogP contribution is -2.20. The number of thiophene rings is 1. The minimum Gasteiger partial charge on any atom is -0.451 e. The van der Waals surface area contributed by atoms with Gasteiger partial charge in [0.1, 0.15) is 4.88 Å². The van der Waals surface area contributed by atoms with Gasteiger partial charge in [-0.3, -0.25) is 10.1 Å². The van der Waals surface area contributed by atoms with Gasteiger partial charge in [-0.05, 0) is 54.2 Å². The first-order valence-corrected chi connectivity index (χ1v) is 11.9. The van der Waals surface area contributed by atoms with Gasteiger partial charge in [-0.25, -0.2) is 9.78 Å². The Kier molecular flexibility index (Phi) is 5.53. The molecule has 5 nitrogen and oxygen atoms in total. The smallest absolute Gasteiger partial charge is 0.348 e. The van der Waals surface area contributed by atoms with Crippen LogP contribution in [0.3, 0.4) is 0 Å². The number of benzene rings is 2. The number of rotatable bonds is 5. The fraction of sp³-hybridized carbons (Fsp3) is 0.208. The van der Waals surface area contributed by atoms with Crippen molar-refractivity contribution in [3.63, 3.8) is 0 Å². The highest BCUT2D eigenvalue weighted by Gasteiger charge is 2.19. The number of hydrogen-bond acceptors (Lipinski definition) is 6. The Morgan fingerprint density at radius 1 is 1.03 bits per heavy atom. The number of hydrogen-bond donors (Lipinski definition) is 1. The van der Waals surface area contributed by atoms with E-state index in [-0.39, 0.29) is 6.61 Å². The van der Waals surface area contributed by atoms with E-state index in [4.69, 9.17) is 4.74 Å². The number of anilines is 1. The van der Waals surface area contributed by atoms with E-state index in [1.54, 1.807) is 0 Å². The number of nitrogens with zero attached hydrogens (tertiary/aromatic N) is 1. The molecule has 0 fully saturated rings. The maximum Gasteiger partial charge on any atom is 0.348 e. The monoisotopic (exact) mass is 448 g/mol. The molecule has 2 heterocycles. The van der Waals surface area contributed by atoms with Crippen LogP contribution >= 0.6 is 22.7 Å². The Labute approximate surface area is 187 Å². The van der Waals surface area contributed by atoms with Crippen molar-refractivity contribution >= 4 is 50.5 Å². The predicted molar refractivity (Wildman–Crippen MR) is 125 cm³/mol. The van der Waals surface area contributed by atoms with Gasteiger partial charge < -0.3 is 4.74 Å². The van der Waals surface area contributed by atoms with E-state index in [0.717, 1.165) is 35.9 Å². The lowest BCUT2D eigenvalue weighted by atomic mass is 9.99. The summed E-state index contributed by atoms with van der Waals surface area (Å²) in [5, 5.41) is 7.42. The number of ether oxygens (including phenoxy) is 1. The van der Waals surface area contributed by atoms with Crippen LogP contribution in [-0.4, -0.2) is 23.5 Å². The molecule has 2 aromatic carbocycles. The first-order chi connectivity index (χ1) is 15.2. The third-order valence-corrected chi connectivity index (χ3v) is 7.30. The fourth-order valence-corrected chi connectivity index (χ4v) is 5.64. The van der Waals surface area contributed by atoms with Crippen LogP contribution in [0.15, 0.2) is 53.9 Å². The molecular weight excluding hydrogens is 428 g/mol. The molecule has 0 aliphatic heterocycles. The summed E-state index contributed by atoms with van der Waals surface area (Å²) >= 11 is 2.83. The van der Waals surface area contributed by atoms with Crippen LogP contribution in [0.5, 0.6) is 0 Å². The van der Waals surface area contributed by atoms with Gasteiger partial charge in [-0.15, -0.1) is 22.7 Å². The average molecular weight is 449 g/mol. The molecular formula is C24H20N2O3S2. The van der Waals surface area contributed by atoms with Gasteiger partial charge in [0, 0.05) is 15.8 Å². The normalized spacial score (nSPS) is 13.0. The molecule has 1 N–H and O–H groups in total. The van der Waals surface area contributed by atoms with Gasteiger partial charge in [-0.2, -0.15) is 0 Å². The highest BCUT2D eigenvalue weighted by atomic mass is 32.1. The number of nitrogens with one attached hydrogen (secondary N) is 1. The molecule has 31 heavy (non-hydrogen) atoms. The highest BCUT2D eigenvalue weighted by Crippen LogP contribution is 2.30. The van der Waals surface area contributed by atoms with Gasteiger partial charge in [0.15, 0.2) is 11.7 Å². The lowest BCUT2D eigenvalue weighted by Gasteiger charge is -2.08. The summed E-state index contributed by atoms with van der Waals surface area (Å²) in [6.45, 7) is -0.327. The molecule has 0 unspecified atom stereocenters. The van der Waals surface area contributed by atoms with Crippen LogP contribution in [0.1, 0.15) is 33.0 Å². The second-order valence-electron chi connectivity index (χ2n) is 7.49. The zero-order valence-electron chi connectivity index (χ0n) is 16.7. The zero-order valence-corrected chi connectivity index (χ0v) is 18.4. The lowest BCUT2D eigenvalue weighted by molar-refractivity contribution is -0.119. The SMILES string of the molecule is O=C(COC(=O)c1cc2c(s1)CCCC2)Nc1nc(-c2ccc3ccccc3c2)cs1. The predicted octanol–water partition coefficient (Wildman–Crippen LogP) is 5.70. The average Bonchev–Trinajstić information content (AvgIpc) is 3.44. The van der Waals surface area contributed by atoms with Crippen molar-refractivity contribution in [1.29, 1.82) is 0 Å². The summed E-state index contributed by atoms with van der Waals surface area (Å²) in [7, 11) is 0. The highest BCUT2D eigenvalue weighted by molar-refractivity contribution is 7.14. The Morgan fingerprint density at radius 3 is 2.74 bits per heavy atom. The second-order valence-corrected chi connectivity index (χ2v) is 9.49. The number of aromatic nitrogens is 1. The van der Waals surface area contributed by atoms with Gasteiger partial charge in [-0.1, -0.05) is 36.4 Å².